The molecule has 0 aliphatic heterocycles. The van der Waals surface area contributed by atoms with Gasteiger partial charge in [-0.25, -0.2) is 0 Å². The van der Waals surface area contributed by atoms with Crippen molar-refractivity contribution in [2.75, 3.05) is 0 Å². The number of alkyl halides is 2. The van der Waals surface area contributed by atoms with Crippen LogP contribution in [0.4, 0.5) is 0 Å². The fourth-order valence-corrected chi connectivity index (χ4v) is 0. The SMILES string of the molecule is BrB(Br)Br.CC(Cl)Cl. The van der Waals surface area contributed by atoms with Crippen molar-refractivity contribution in [1.82, 2.24) is 0 Å². The zero-order chi connectivity index (χ0) is 7.15. The van der Waals surface area contributed by atoms with E-state index in [-0.39, 0.29) is 8.02 Å². The molecule has 8 heavy (non-hydrogen) atoms. The molecule has 0 spiro atoms. The van der Waals surface area contributed by atoms with Gasteiger partial charge in [0.25, 0.3) is 0 Å². The maximum atomic E-state index is 5.04. The number of rotatable bonds is 0. The van der Waals surface area contributed by atoms with E-state index in [0.29, 0.717) is 0 Å². The van der Waals surface area contributed by atoms with Crippen LogP contribution in [0, 0.1) is 0 Å². The van der Waals surface area contributed by atoms with Crippen LogP contribution in [0.2, 0.25) is 0 Å². The first kappa shape index (κ1) is 12.7. The third kappa shape index (κ3) is 93.4. The van der Waals surface area contributed by atoms with Crippen molar-refractivity contribution in [2.45, 2.75) is 11.8 Å². The summed E-state index contributed by atoms with van der Waals surface area (Å²) in [4.78, 5) is -0.222. The van der Waals surface area contributed by atoms with Crippen LogP contribution in [0.15, 0.2) is 0 Å². The molecule has 0 saturated heterocycles. The average Bonchev–Trinajstić information content (AvgIpc) is 1.25. The summed E-state index contributed by atoms with van der Waals surface area (Å²) in [5.74, 6) is 0. The summed E-state index contributed by atoms with van der Waals surface area (Å²) in [6, 6.07) is 0. The molecule has 0 aromatic rings. The van der Waals surface area contributed by atoms with Gasteiger partial charge in [-0.1, -0.05) is 0 Å². The minimum atomic E-state index is -0.222. The Morgan fingerprint density at radius 2 is 1.25 bits per heavy atom. The lowest BCUT2D eigenvalue weighted by molar-refractivity contribution is 1.39. The summed E-state index contributed by atoms with van der Waals surface area (Å²) >= 11 is 19.4. The van der Waals surface area contributed by atoms with Gasteiger partial charge in [0, 0.05) is 0 Å². The Hall–Kier alpha value is 2.08. The molecule has 0 aliphatic carbocycles. The predicted molar refractivity (Wildman–Crippen MR) is 53.7 cm³/mol. The Balaban J connectivity index is 0. The molecule has 0 saturated carbocycles. The molecule has 0 bridgehead atoms. The van der Waals surface area contributed by atoms with Gasteiger partial charge in [0.15, 0.2) is 0 Å². The Morgan fingerprint density at radius 3 is 1.25 bits per heavy atom. The zero-order valence-electron chi connectivity index (χ0n) is 4.04. The van der Waals surface area contributed by atoms with Crippen molar-refractivity contribution >= 4 is 73.7 Å². The van der Waals surface area contributed by atoms with E-state index in [1.807, 2.05) is 0 Å². The van der Waals surface area contributed by atoms with Crippen LogP contribution in [0.5, 0.6) is 0 Å². The average molecular weight is 349 g/mol. The van der Waals surface area contributed by atoms with E-state index in [4.69, 9.17) is 23.2 Å². The molecule has 6 heteroatoms. The molecular formula is C2H4BBr3Cl2. The molecule has 0 N–H and O–H groups in total. The van der Waals surface area contributed by atoms with Gasteiger partial charge in [-0.3, -0.25) is 0 Å². The van der Waals surface area contributed by atoms with Gasteiger partial charge in [0.05, 0.1) is 0 Å². The standard InChI is InChI=1S/C2H4Cl2.BBr3/c1-2(3)4;2-1(3)4/h2H,1H3;. The van der Waals surface area contributed by atoms with E-state index in [1.165, 1.54) is 0 Å². The molecular weight excluding hydrogens is 345 g/mol. The van der Waals surface area contributed by atoms with Gasteiger partial charge in [-0.05, 0) is 6.92 Å². The summed E-state index contributed by atoms with van der Waals surface area (Å²) in [6.45, 7) is 1.70. The fraction of sp³-hybridized carbons (Fsp3) is 1.00. The van der Waals surface area contributed by atoms with E-state index in [9.17, 15) is 0 Å². The number of hydrogen-bond acceptors (Lipinski definition) is 0. The lowest BCUT2D eigenvalue weighted by Crippen LogP contribution is -1.63. The molecule has 0 amide bonds. The second-order valence-corrected chi connectivity index (χ2v) is 8.73. The fourth-order valence-electron chi connectivity index (χ4n) is 0. The van der Waals surface area contributed by atoms with E-state index >= 15 is 0 Å². The van der Waals surface area contributed by atoms with Crippen molar-refractivity contribution in [3.8, 4) is 0 Å². The van der Waals surface area contributed by atoms with Crippen LogP contribution in [0.1, 0.15) is 6.92 Å². The maximum absolute atomic E-state index is 5.04. The van der Waals surface area contributed by atoms with Gasteiger partial charge >= 0.3 is 3.18 Å². The Morgan fingerprint density at radius 1 is 1.25 bits per heavy atom. The van der Waals surface area contributed by atoms with Crippen LogP contribution >= 0.6 is 70.5 Å². The summed E-state index contributed by atoms with van der Waals surface area (Å²) < 4.78 is 0.271. The zero-order valence-corrected chi connectivity index (χ0v) is 10.3. The number of halogens is 5. The molecule has 0 fully saturated rings. The topological polar surface area (TPSA) is 0 Å². The highest BCUT2D eigenvalue weighted by Crippen LogP contribution is 2.07. The van der Waals surface area contributed by atoms with E-state index in [2.05, 4.69) is 47.3 Å². The van der Waals surface area contributed by atoms with Gasteiger partial charge in [0.1, 0.15) is 4.84 Å². The first-order chi connectivity index (χ1) is 3.46. The van der Waals surface area contributed by atoms with Crippen LogP contribution < -0.4 is 0 Å². The van der Waals surface area contributed by atoms with Crippen LogP contribution in [-0.4, -0.2) is 8.02 Å². The molecule has 0 radical (unpaired) electrons. The van der Waals surface area contributed by atoms with Gasteiger partial charge < -0.3 is 0 Å². The normalized spacial score (nSPS) is 7.88. The first-order valence-electron chi connectivity index (χ1n) is 1.67. The van der Waals surface area contributed by atoms with E-state index in [0.717, 1.165) is 0 Å². The molecule has 0 aromatic heterocycles. The smallest absolute Gasteiger partial charge is 0.123 e. The Kier molecular flexibility index (Phi) is 14.5. The van der Waals surface area contributed by atoms with E-state index < -0.39 is 0 Å². The van der Waals surface area contributed by atoms with E-state index in [1.54, 1.807) is 6.92 Å². The molecule has 0 nitrogen and oxygen atoms in total. The minimum absolute atomic E-state index is 0.222. The van der Waals surface area contributed by atoms with Gasteiger partial charge in [-0.2, -0.15) is 0 Å². The molecule has 0 rings (SSSR count). The molecule has 0 heterocycles. The lowest BCUT2D eigenvalue weighted by atomic mass is 10.8. The first-order valence-corrected chi connectivity index (χ1v) is 5.29. The van der Waals surface area contributed by atoms with Crippen molar-refractivity contribution in [2.24, 2.45) is 0 Å². The highest BCUT2D eigenvalue weighted by Gasteiger charge is 1.87. The van der Waals surface area contributed by atoms with Crippen molar-refractivity contribution in [3.05, 3.63) is 0 Å². The lowest BCUT2D eigenvalue weighted by Gasteiger charge is -1.72. The van der Waals surface area contributed by atoms with Gasteiger partial charge in [0.2, 0.25) is 0 Å². The van der Waals surface area contributed by atoms with Crippen LogP contribution in [-0.2, 0) is 0 Å². The summed E-state index contributed by atoms with van der Waals surface area (Å²) in [5.41, 5.74) is 0. The summed E-state index contributed by atoms with van der Waals surface area (Å²) in [7, 11) is 0. The Bertz CT molecular complexity index is 30.8. The molecule has 0 aliphatic rings. The van der Waals surface area contributed by atoms with Gasteiger partial charge in [-0.15, -0.1) is 70.5 Å². The third-order valence-corrected chi connectivity index (χ3v) is 0. The summed E-state index contributed by atoms with van der Waals surface area (Å²) in [5, 5.41) is 0. The Labute approximate surface area is 84.7 Å². The highest BCUT2D eigenvalue weighted by molar-refractivity contribution is 9.69. The molecule has 0 unspecified atom stereocenters. The highest BCUT2D eigenvalue weighted by atomic mass is 79.9. The van der Waals surface area contributed by atoms with Crippen LogP contribution in [0.3, 0.4) is 0 Å². The van der Waals surface area contributed by atoms with Crippen molar-refractivity contribution in [3.63, 3.8) is 0 Å². The summed E-state index contributed by atoms with van der Waals surface area (Å²) in [6.07, 6.45) is 0. The third-order valence-electron chi connectivity index (χ3n) is 0. The quantitative estimate of drug-likeness (QED) is 0.459. The minimum Gasteiger partial charge on any atom is -0.123 e. The largest absolute Gasteiger partial charge is 0.369 e. The van der Waals surface area contributed by atoms with Crippen molar-refractivity contribution < 1.29 is 0 Å². The second kappa shape index (κ2) is 9.08. The monoisotopic (exact) mass is 346 g/mol. The second-order valence-electron chi connectivity index (χ2n) is 0.766. The molecule has 0 aromatic carbocycles. The predicted octanol–water partition coefficient (Wildman–Crippen LogP) is 3.97. The molecule has 50 valence electrons. The van der Waals surface area contributed by atoms with Crippen LogP contribution in [0.25, 0.3) is 0 Å². The maximum Gasteiger partial charge on any atom is 0.369 e. The number of hydrogen-bond donors (Lipinski definition) is 0. The van der Waals surface area contributed by atoms with Crippen molar-refractivity contribution in [1.29, 1.82) is 0 Å². The molecule has 0 atom stereocenters.